The number of unbranched alkanes of at least 4 members (excludes halogenated alkanes) is 9. The summed E-state index contributed by atoms with van der Waals surface area (Å²) in [6, 6.07) is 0. The average Bonchev–Trinajstić information content (AvgIpc) is 2.69. The van der Waals surface area contributed by atoms with Crippen LogP contribution in [0, 0.1) is 5.92 Å². The molecule has 0 saturated heterocycles. The van der Waals surface area contributed by atoms with Gasteiger partial charge in [0.05, 0.1) is 34.4 Å². The van der Waals surface area contributed by atoms with E-state index in [2.05, 4.69) is 6.92 Å². The fourth-order valence-corrected chi connectivity index (χ4v) is 3.89. The molecule has 0 radical (unpaired) electrons. The number of ether oxygens (including phenoxy) is 1. The highest BCUT2D eigenvalue weighted by molar-refractivity contribution is 7.45. The number of quaternary nitrogens is 1. The molecule has 192 valence electrons. The Morgan fingerprint density at radius 2 is 1.44 bits per heavy atom. The minimum atomic E-state index is -4.38. The van der Waals surface area contributed by atoms with E-state index < -0.39 is 13.9 Å². The quantitative estimate of drug-likeness (QED) is 0.141. The highest BCUT2D eigenvalue weighted by Gasteiger charge is 2.18. The van der Waals surface area contributed by atoms with Gasteiger partial charge in [-0.1, -0.05) is 71.1 Å². The molecule has 2 atom stereocenters. The summed E-state index contributed by atoms with van der Waals surface area (Å²) in [6.45, 7) is 2.95. The van der Waals surface area contributed by atoms with Gasteiger partial charge in [-0.25, -0.2) is 4.79 Å². The monoisotopic (exact) mass is 480 g/mol. The van der Waals surface area contributed by atoms with Crippen LogP contribution >= 0.6 is 7.82 Å². The molecule has 2 unspecified atom stereocenters. The van der Waals surface area contributed by atoms with Crippen molar-refractivity contribution >= 4 is 13.9 Å². The number of rotatable bonds is 20. The zero-order valence-electron chi connectivity index (χ0n) is 21.5. The van der Waals surface area contributed by atoms with Gasteiger partial charge < -0.3 is 28.1 Å². The molecule has 0 aliphatic carbocycles. The second kappa shape index (κ2) is 17.8. The highest BCUT2D eigenvalue weighted by atomic mass is 31.2. The molecule has 0 spiro atoms. The molecule has 9 heteroatoms. The fraction of sp³-hybridized carbons (Fsp3) is 0.957. The molecule has 0 aliphatic rings. The van der Waals surface area contributed by atoms with Crippen molar-refractivity contribution in [3.05, 3.63) is 0 Å². The zero-order chi connectivity index (χ0) is 24.5. The molecule has 1 amide bonds. The van der Waals surface area contributed by atoms with Gasteiger partial charge in [0.25, 0.3) is 7.82 Å². The summed E-state index contributed by atoms with van der Waals surface area (Å²) in [4.78, 5) is 25.2. The lowest BCUT2D eigenvalue weighted by molar-refractivity contribution is -0.870. The number of likely N-dealkylation sites (N-methyl/N-ethyl adjacent to an activating group) is 1. The van der Waals surface area contributed by atoms with Crippen molar-refractivity contribution in [2.45, 2.75) is 77.6 Å². The second-order valence-electron chi connectivity index (χ2n) is 9.90. The van der Waals surface area contributed by atoms with Crippen molar-refractivity contribution in [2.75, 3.05) is 61.6 Å². The number of phosphoric ester groups is 1. The number of carbonyl (C=O) groups excluding carboxylic acids is 1. The summed E-state index contributed by atoms with van der Waals surface area (Å²) >= 11 is 0. The van der Waals surface area contributed by atoms with Crippen LogP contribution in [0.2, 0.25) is 0 Å². The van der Waals surface area contributed by atoms with E-state index in [1.807, 2.05) is 21.1 Å². The Kier molecular flexibility index (Phi) is 17.4. The number of phosphoric acid groups is 1. The number of amides is 1. The summed E-state index contributed by atoms with van der Waals surface area (Å²) in [5.74, 6) is -0.183. The van der Waals surface area contributed by atoms with Crippen LogP contribution in [0.15, 0.2) is 0 Å². The summed E-state index contributed by atoms with van der Waals surface area (Å²) < 4.78 is 28.0. The Bertz CT molecular complexity index is 525. The summed E-state index contributed by atoms with van der Waals surface area (Å²) in [7, 11) is 4.73. The van der Waals surface area contributed by atoms with Crippen molar-refractivity contribution in [2.24, 2.45) is 5.92 Å². The lowest BCUT2D eigenvalue weighted by Crippen LogP contribution is -2.37. The topological polar surface area (TPSA) is 88.1 Å². The fourth-order valence-electron chi connectivity index (χ4n) is 3.11. The smallest absolute Gasteiger partial charge is 0.409 e. The van der Waals surface area contributed by atoms with Crippen molar-refractivity contribution < 1.29 is 32.5 Å². The maximum atomic E-state index is 12.1. The Labute approximate surface area is 196 Å². The summed E-state index contributed by atoms with van der Waals surface area (Å²) in [5.41, 5.74) is 0. The van der Waals surface area contributed by atoms with Crippen LogP contribution in [0.1, 0.15) is 77.6 Å². The normalized spacial score (nSPS) is 14.7. The van der Waals surface area contributed by atoms with E-state index >= 15 is 0 Å². The van der Waals surface area contributed by atoms with E-state index in [-0.39, 0.29) is 25.7 Å². The van der Waals surface area contributed by atoms with E-state index in [1.165, 1.54) is 56.3 Å². The van der Waals surface area contributed by atoms with Gasteiger partial charge in [0.2, 0.25) is 0 Å². The van der Waals surface area contributed by atoms with Crippen LogP contribution in [-0.4, -0.2) is 77.1 Å². The molecule has 32 heavy (non-hydrogen) atoms. The van der Waals surface area contributed by atoms with Gasteiger partial charge in [-0.3, -0.25) is 4.57 Å². The lowest BCUT2D eigenvalue weighted by atomic mass is 10.0. The maximum Gasteiger partial charge on any atom is 0.409 e. The van der Waals surface area contributed by atoms with Gasteiger partial charge in [-0.05, 0) is 6.42 Å². The molecule has 0 N–H and O–H groups in total. The molecule has 8 nitrogen and oxygen atoms in total. The van der Waals surface area contributed by atoms with Crippen molar-refractivity contribution in [3.63, 3.8) is 0 Å². The van der Waals surface area contributed by atoms with Crippen LogP contribution in [-0.2, 0) is 18.3 Å². The maximum absolute atomic E-state index is 12.1. The Hall–Kier alpha value is -0.660. The summed E-state index contributed by atoms with van der Waals surface area (Å²) in [6.07, 6.45) is 12.6. The Balaban J connectivity index is 4.29. The minimum absolute atomic E-state index is 0.0384. The first-order chi connectivity index (χ1) is 15.0. The minimum Gasteiger partial charge on any atom is -0.756 e. The Morgan fingerprint density at radius 1 is 0.906 bits per heavy atom. The van der Waals surface area contributed by atoms with E-state index in [4.69, 9.17) is 13.8 Å². The standard InChI is InChI=1S/C23H49N2O6P/c1-7-8-9-10-11-12-13-14-15-16-17-22(20-29-23(26)24(2)3)21-31-32(27,28)30-19-18-25(4,5)6/h22H,7-21H2,1-6H3. The third-order valence-corrected chi connectivity index (χ3v) is 6.22. The SMILES string of the molecule is CCCCCCCCCCCCC(COC(=O)N(C)C)COP(=O)([O-])OCC[N+](C)(C)C. The highest BCUT2D eigenvalue weighted by Crippen LogP contribution is 2.39. The molecular formula is C23H49N2O6P. The zero-order valence-corrected chi connectivity index (χ0v) is 22.4. The number of hydrogen-bond donors (Lipinski definition) is 0. The van der Waals surface area contributed by atoms with Crippen molar-refractivity contribution in [1.82, 2.24) is 4.90 Å². The third kappa shape index (κ3) is 20.0. The van der Waals surface area contributed by atoms with Crippen LogP contribution in [0.3, 0.4) is 0 Å². The predicted octanol–water partition coefficient (Wildman–Crippen LogP) is 4.82. The van der Waals surface area contributed by atoms with Crippen LogP contribution < -0.4 is 4.89 Å². The molecule has 0 bridgehead atoms. The average molecular weight is 481 g/mol. The van der Waals surface area contributed by atoms with Gasteiger partial charge in [0.15, 0.2) is 0 Å². The molecule has 0 aromatic heterocycles. The first kappa shape index (κ1) is 31.3. The van der Waals surface area contributed by atoms with E-state index in [0.29, 0.717) is 11.0 Å². The second-order valence-corrected chi connectivity index (χ2v) is 11.3. The van der Waals surface area contributed by atoms with Gasteiger partial charge in [-0.2, -0.15) is 0 Å². The first-order valence-electron chi connectivity index (χ1n) is 12.2. The van der Waals surface area contributed by atoms with E-state index in [9.17, 15) is 14.3 Å². The van der Waals surface area contributed by atoms with E-state index in [0.717, 1.165) is 19.3 Å². The first-order valence-corrected chi connectivity index (χ1v) is 13.7. The molecule has 0 rings (SSSR count). The Morgan fingerprint density at radius 3 is 1.94 bits per heavy atom. The van der Waals surface area contributed by atoms with Crippen LogP contribution in [0.5, 0.6) is 0 Å². The summed E-state index contributed by atoms with van der Waals surface area (Å²) in [5, 5.41) is 0. The largest absolute Gasteiger partial charge is 0.756 e. The molecule has 0 aliphatic heterocycles. The third-order valence-electron chi connectivity index (χ3n) is 5.25. The van der Waals surface area contributed by atoms with Gasteiger partial charge >= 0.3 is 6.09 Å². The van der Waals surface area contributed by atoms with Crippen molar-refractivity contribution in [3.8, 4) is 0 Å². The van der Waals surface area contributed by atoms with Crippen LogP contribution in [0.25, 0.3) is 0 Å². The number of carbonyl (C=O) groups is 1. The molecule has 0 aromatic carbocycles. The number of hydrogen-bond acceptors (Lipinski definition) is 6. The molecule has 0 aromatic rings. The predicted molar refractivity (Wildman–Crippen MR) is 127 cm³/mol. The lowest BCUT2D eigenvalue weighted by Gasteiger charge is -2.28. The van der Waals surface area contributed by atoms with Gasteiger partial charge in [-0.15, -0.1) is 0 Å². The molecule has 0 fully saturated rings. The van der Waals surface area contributed by atoms with E-state index in [1.54, 1.807) is 14.1 Å². The molecule has 0 heterocycles. The van der Waals surface area contributed by atoms with Crippen molar-refractivity contribution in [1.29, 1.82) is 0 Å². The number of nitrogens with zero attached hydrogens (tertiary/aromatic N) is 2. The van der Waals surface area contributed by atoms with Gasteiger partial charge in [0, 0.05) is 20.0 Å². The van der Waals surface area contributed by atoms with Crippen LogP contribution in [0.4, 0.5) is 4.79 Å². The molecule has 0 saturated carbocycles. The van der Waals surface area contributed by atoms with Gasteiger partial charge in [0.1, 0.15) is 13.2 Å². The molecular weight excluding hydrogens is 431 g/mol.